The van der Waals surface area contributed by atoms with Gasteiger partial charge < -0.3 is 24.4 Å². The summed E-state index contributed by atoms with van der Waals surface area (Å²) in [5.41, 5.74) is 2.20. The highest BCUT2D eigenvalue weighted by Gasteiger charge is 2.32. The summed E-state index contributed by atoms with van der Waals surface area (Å²) in [5, 5.41) is 2.91. The molecule has 1 aliphatic rings. The van der Waals surface area contributed by atoms with Crippen molar-refractivity contribution >= 4 is 17.9 Å². The number of benzene rings is 1. The Labute approximate surface area is 182 Å². The number of piperidine rings is 1. The molecule has 2 aromatic rings. The van der Waals surface area contributed by atoms with Gasteiger partial charge in [-0.25, -0.2) is 14.6 Å². The highest BCUT2D eigenvalue weighted by atomic mass is 16.5. The number of nitrogens with zero attached hydrogens (tertiary/aromatic N) is 2. The molecule has 0 saturated carbocycles. The summed E-state index contributed by atoms with van der Waals surface area (Å²) in [5.74, 6) is 0.325. The standard InChI is InChI=1S/C23H29N3O5/c1-4-30-22(27)18-12-21(24-13-16(18)2)26-11-10-19(20(14-26)29-3)25-23(28)31-15-17-8-6-5-7-9-17/h5-9,12-13,19-20H,4,10-11,14-15H2,1-3H3,(H,25,28)/t19-,20+/m1/s1. The third-order valence-electron chi connectivity index (χ3n) is 5.29. The van der Waals surface area contributed by atoms with Gasteiger partial charge in [-0.15, -0.1) is 0 Å². The summed E-state index contributed by atoms with van der Waals surface area (Å²) in [7, 11) is 1.62. The molecule has 0 aliphatic carbocycles. The summed E-state index contributed by atoms with van der Waals surface area (Å²) in [6.45, 7) is 5.33. The number of nitrogens with one attached hydrogen (secondary N) is 1. The molecule has 0 spiro atoms. The molecule has 1 aliphatic heterocycles. The van der Waals surface area contributed by atoms with E-state index in [9.17, 15) is 9.59 Å². The third-order valence-corrected chi connectivity index (χ3v) is 5.29. The number of aryl methyl sites for hydroxylation is 1. The molecule has 1 N–H and O–H groups in total. The van der Waals surface area contributed by atoms with Gasteiger partial charge in [0.15, 0.2) is 0 Å². The van der Waals surface area contributed by atoms with Crippen LogP contribution in [0.4, 0.5) is 10.6 Å². The lowest BCUT2D eigenvalue weighted by Gasteiger charge is -2.38. The molecular formula is C23H29N3O5. The Morgan fingerprint density at radius 2 is 2.00 bits per heavy atom. The van der Waals surface area contributed by atoms with E-state index < -0.39 is 6.09 Å². The zero-order chi connectivity index (χ0) is 22.2. The summed E-state index contributed by atoms with van der Waals surface area (Å²) in [4.78, 5) is 31.0. The van der Waals surface area contributed by atoms with Gasteiger partial charge in [0, 0.05) is 26.4 Å². The maximum atomic E-state index is 12.2. The number of hydrogen-bond donors (Lipinski definition) is 1. The quantitative estimate of drug-likeness (QED) is 0.679. The van der Waals surface area contributed by atoms with E-state index in [1.165, 1.54) is 0 Å². The van der Waals surface area contributed by atoms with E-state index in [0.717, 1.165) is 11.1 Å². The van der Waals surface area contributed by atoms with Crippen LogP contribution in [0.2, 0.25) is 0 Å². The molecule has 1 aromatic carbocycles. The number of carbonyl (C=O) groups excluding carboxylic acids is 2. The van der Waals surface area contributed by atoms with Crippen LogP contribution in [0.1, 0.15) is 34.8 Å². The zero-order valence-corrected chi connectivity index (χ0v) is 18.2. The summed E-state index contributed by atoms with van der Waals surface area (Å²) < 4.78 is 16.1. The van der Waals surface area contributed by atoms with Crippen LogP contribution in [-0.4, -0.2) is 56.0 Å². The van der Waals surface area contributed by atoms with Crippen LogP contribution in [0.15, 0.2) is 42.6 Å². The van der Waals surface area contributed by atoms with Gasteiger partial charge in [-0.05, 0) is 37.5 Å². The van der Waals surface area contributed by atoms with Crippen molar-refractivity contribution in [3.63, 3.8) is 0 Å². The van der Waals surface area contributed by atoms with Crippen molar-refractivity contribution < 1.29 is 23.8 Å². The van der Waals surface area contributed by atoms with E-state index in [-0.39, 0.29) is 24.7 Å². The zero-order valence-electron chi connectivity index (χ0n) is 18.2. The fourth-order valence-corrected chi connectivity index (χ4v) is 3.56. The maximum Gasteiger partial charge on any atom is 0.407 e. The van der Waals surface area contributed by atoms with E-state index >= 15 is 0 Å². The van der Waals surface area contributed by atoms with Crippen molar-refractivity contribution in [2.75, 3.05) is 31.7 Å². The van der Waals surface area contributed by atoms with Crippen molar-refractivity contribution in [3.05, 3.63) is 59.3 Å². The minimum absolute atomic E-state index is 0.181. The van der Waals surface area contributed by atoms with E-state index in [1.54, 1.807) is 26.3 Å². The van der Waals surface area contributed by atoms with E-state index in [0.29, 0.717) is 37.5 Å². The van der Waals surface area contributed by atoms with Gasteiger partial charge in [0.05, 0.1) is 24.3 Å². The van der Waals surface area contributed by atoms with Gasteiger partial charge in [-0.1, -0.05) is 30.3 Å². The lowest BCUT2D eigenvalue weighted by atomic mass is 10.0. The minimum atomic E-state index is -0.470. The number of aromatic nitrogens is 1. The van der Waals surface area contributed by atoms with Crippen LogP contribution in [-0.2, 0) is 20.8 Å². The second kappa shape index (κ2) is 10.8. The normalized spacial score (nSPS) is 18.4. The Kier molecular flexibility index (Phi) is 7.83. The second-order valence-corrected chi connectivity index (χ2v) is 7.40. The third kappa shape index (κ3) is 5.95. The Morgan fingerprint density at radius 3 is 2.71 bits per heavy atom. The van der Waals surface area contributed by atoms with E-state index in [1.807, 2.05) is 42.2 Å². The molecule has 0 unspecified atom stereocenters. The summed E-state index contributed by atoms with van der Waals surface area (Å²) >= 11 is 0. The van der Waals surface area contributed by atoms with Gasteiger partial charge in [0.2, 0.25) is 0 Å². The number of methoxy groups -OCH3 is 1. The smallest absolute Gasteiger partial charge is 0.407 e. The molecule has 166 valence electrons. The molecule has 2 heterocycles. The van der Waals surface area contributed by atoms with E-state index in [4.69, 9.17) is 14.2 Å². The van der Waals surface area contributed by atoms with Crippen molar-refractivity contribution in [2.45, 2.75) is 39.0 Å². The number of pyridine rings is 1. The number of esters is 1. The lowest BCUT2D eigenvalue weighted by Crippen LogP contribution is -2.55. The average Bonchev–Trinajstić information content (AvgIpc) is 2.79. The van der Waals surface area contributed by atoms with Crippen LogP contribution in [0.25, 0.3) is 0 Å². The molecule has 8 heteroatoms. The molecular weight excluding hydrogens is 398 g/mol. The SMILES string of the molecule is CCOC(=O)c1cc(N2CC[C@@H](NC(=O)OCc3ccccc3)[C@@H](OC)C2)ncc1C. The highest BCUT2D eigenvalue weighted by Crippen LogP contribution is 2.22. The average molecular weight is 428 g/mol. The number of rotatable bonds is 7. The molecule has 1 saturated heterocycles. The Hall–Kier alpha value is -3.13. The fourth-order valence-electron chi connectivity index (χ4n) is 3.56. The summed E-state index contributed by atoms with van der Waals surface area (Å²) in [6, 6.07) is 11.1. The first-order valence-electron chi connectivity index (χ1n) is 10.4. The Bertz CT molecular complexity index is 890. The van der Waals surface area contributed by atoms with Crippen molar-refractivity contribution in [2.24, 2.45) is 0 Å². The second-order valence-electron chi connectivity index (χ2n) is 7.40. The van der Waals surface area contributed by atoms with Crippen LogP contribution in [0.5, 0.6) is 0 Å². The molecule has 2 atom stereocenters. The first kappa shape index (κ1) is 22.6. The van der Waals surface area contributed by atoms with Gasteiger partial charge in [0.1, 0.15) is 12.4 Å². The molecule has 1 amide bonds. The monoisotopic (exact) mass is 427 g/mol. The van der Waals surface area contributed by atoms with Crippen LogP contribution in [0, 0.1) is 6.92 Å². The maximum absolute atomic E-state index is 12.2. The number of ether oxygens (including phenoxy) is 3. The first-order chi connectivity index (χ1) is 15.0. The first-order valence-corrected chi connectivity index (χ1v) is 10.4. The lowest BCUT2D eigenvalue weighted by molar-refractivity contribution is 0.0523. The molecule has 3 rings (SSSR count). The van der Waals surface area contributed by atoms with Gasteiger partial charge >= 0.3 is 12.1 Å². The van der Waals surface area contributed by atoms with Crippen molar-refractivity contribution in [1.29, 1.82) is 0 Å². The van der Waals surface area contributed by atoms with Crippen molar-refractivity contribution in [1.82, 2.24) is 10.3 Å². The number of amides is 1. The Morgan fingerprint density at radius 1 is 1.23 bits per heavy atom. The van der Waals surface area contributed by atoms with Gasteiger partial charge in [-0.2, -0.15) is 0 Å². The van der Waals surface area contributed by atoms with E-state index in [2.05, 4.69) is 10.3 Å². The fraction of sp³-hybridized carbons (Fsp3) is 0.435. The van der Waals surface area contributed by atoms with Crippen LogP contribution < -0.4 is 10.2 Å². The topological polar surface area (TPSA) is 90.0 Å². The number of hydrogen-bond acceptors (Lipinski definition) is 7. The molecule has 1 fully saturated rings. The van der Waals surface area contributed by atoms with Crippen LogP contribution in [0.3, 0.4) is 0 Å². The number of anilines is 1. The molecule has 1 aromatic heterocycles. The molecule has 0 radical (unpaired) electrons. The van der Waals surface area contributed by atoms with Gasteiger partial charge in [0.25, 0.3) is 0 Å². The van der Waals surface area contributed by atoms with Gasteiger partial charge in [-0.3, -0.25) is 0 Å². The number of carbonyl (C=O) groups is 2. The predicted molar refractivity (Wildman–Crippen MR) is 116 cm³/mol. The summed E-state index contributed by atoms with van der Waals surface area (Å²) in [6.07, 6.45) is 1.62. The number of alkyl carbamates (subject to hydrolysis) is 1. The molecule has 8 nitrogen and oxygen atoms in total. The largest absolute Gasteiger partial charge is 0.462 e. The minimum Gasteiger partial charge on any atom is -0.462 e. The molecule has 31 heavy (non-hydrogen) atoms. The molecule has 0 bridgehead atoms. The Balaban J connectivity index is 1.59. The predicted octanol–water partition coefficient (Wildman–Crippen LogP) is 3.09. The van der Waals surface area contributed by atoms with Crippen molar-refractivity contribution in [3.8, 4) is 0 Å². The highest BCUT2D eigenvalue weighted by molar-refractivity contribution is 5.91. The van der Waals surface area contributed by atoms with Crippen LogP contribution >= 0.6 is 0 Å².